The Morgan fingerprint density at radius 2 is 1.96 bits per heavy atom. The Morgan fingerprint density at radius 1 is 1.14 bits per heavy atom. The Bertz CT molecular complexity index is 903. The number of nitrogens with zero attached hydrogens (tertiary/aromatic N) is 5. The number of rotatable bonds is 4. The Balaban J connectivity index is 1.34. The summed E-state index contributed by atoms with van der Waals surface area (Å²) in [7, 11) is 0. The molecule has 2 amide bonds. The van der Waals surface area contributed by atoms with E-state index in [2.05, 4.69) is 16.5 Å². The number of carbonyl (C=O) groups is 2. The molecule has 1 aromatic carbocycles. The molecule has 0 radical (unpaired) electrons. The van der Waals surface area contributed by atoms with Crippen molar-refractivity contribution >= 4 is 17.6 Å². The van der Waals surface area contributed by atoms with Gasteiger partial charge in [0.15, 0.2) is 12.0 Å². The molecule has 2 saturated heterocycles. The summed E-state index contributed by atoms with van der Waals surface area (Å²) >= 11 is 0. The fourth-order valence-electron chi connectivity index (χ4n) is 3.83. The molecule has 2 fully saturated rings. The summed E-state index contributed by atoms with van der Waals surface area (Å²) in [6.45, 7) is 2.40. The van der Waals surface area contributed by atoms with Crippen LogP contribution in [0.2, 0.25) is 0 Å². The second-order valence-electron chi connectivity index (χ2n) is 7.29. The van der Waals surface area contributed by atoms with Crippen LogP contribution in [0.4, 0.5) is 5.82 Å². The first-order valence-corrected chi connectivity index (χ1v) is 9.47. The van der Waals surface area contributed by atoms with Crippen molar-refractivity contribution in [3.63, 3.8) is 0 Å². The van der Waals surface area contributed by atoms with Gasteiger partial charge in [-0.1, -0.05) is 18.2 Å². The van der Waals surface area contributed by atoms with Crippen molar-refractivity contribution in [2.24, 2.45) is 5.92 Å². The second-order valence-corrected chi connectivity index (χ2v) is 7.29. The molecule has 2 atom stereocenters. The fourth-order valence-corrected chi connectivity index (χ4v) is 3.83. The second kappa shape index (κ2) is 7.72. The molecule has 2 aliphatic rings. The lowest BCUT2D eigenvalue weighted by molar-refractivity contribution is -0.119. The zero-order chi connectivity index (χ0) is 19.5. The van der Waals surface area contributed by atoms with E-state index in [0.717, 1.165) is 6.42 Å². The Hall–Kier alpha value is -3.34. The van der Waals surface area contributed by atoms with Gasteiger partial charge in [-0.2, -0.15) is 5.26 Å². The number of hydrogen-bond donors (Lipinski definition) is 1. The van der Waals surface area contributed by atoms with Gasteiger partial charge in [0, 0.05) is 37.9 Å². The molecule has 0 aliphatic carbocycles. The molecule has 0 spiro atoms. The topological polar surface area (TPSA) is 94.3 Å². The molecule has 0 saturated carbocycles. The number of anilines is 1. The van der Waals surface area contributed by atoms with E-state index in [0.29, 0.717) is 44.0 Å². The smallest absolute Gasteiger partial charge is 0.253 e. The van der Waals surface area contributed by atoms with Crippen LogP contribution >= 0.6 is 0 Å². The number of imidazole rings is 1. The Labute approximate surface area is 163 Å². The maximum atomic E-state index is 12.6. The first-order valence-electron chi connectivity index (χ1n) is 9.47. The van der Waals surface area contributed by atoms with Crippen molar-refractivity contribution < 1.29 is 9.59 Å². The van der Waals surface area contributed by atoms with E-state index in [-0.39, 0.29) is 23.8 Å². The van der Waals surface area contributed by atoms with Crippen LogP contribution in [0.1, 0.15) is 29.2 Å². The molecule has 28 heavy (non-hydrogen) atoms. The average Bonchev–Trinajstić information content (AvgIpc) is 3.47. The lowest BCUT2D eigenvalue weighted by atomic mass is 10.1. The van der Waals surface area contributed by atoms with Crippen LogP contribution in [0.3, 0.4) is 0 Å². The Morgan fingerprint density at radius 3 is 2.71 bits per heavy atom. The molecule has 8 nitrogen and oxygen atoms in total. The van der Waals surface area contributed by atoms with Gasteiger partial charge in [0.25, 0.3) is 5.91 Å². The summed E-state index contributed by atoms with van der Waals surface area (Å²) in [5.41, 5.74) is 0.699. The number of carbonyl (C=O) groups excluding carboxylic acids is 2. The molecule has 2 aromatic rings. The molecule has 1 N–H and O–H groups in total. The predicted molar refractivity (Wildman–Crippen MR) is 102 cm³/mol. The van der Waals surface area contributed by atoms with Gasteiger partial charge in [-0.3, -0.25) is 9.59 Å². The largest absolute Gasteiger partial charge is 0.336 e. The summed E-state index contributed by atoms with van der Waals surface area (Å²) in [6, 6.07) is 9.44. The normalized spacial score (nSPS) is 21.5. The van der Waals surface area contributed by atoms with Crippen molar-refractivity contribution in [2.45, 2.75) is 18.9 Å². The molecule has 3 heterocycles. The molecular formula is C20H22N6O2. The lowest BCUT2D eigenvalue weighted by Gasteiger charge is -2.17. The summed E-state index contributed by atoms with van der Waals surface area (Å²) in [5, 5.41) is 11.8. The van der Waals surface area contributed by atoms with E-state index in [1.807, 2.05) is 46.0 Å². The van der Waals surface area contributed by atoms with Crippen LogP contribution < -0.4 is 5.32 Å². The molecule has 1 unspecified atom stereocenters. The minimum absolute atomic E-state index is 0.0417. The van der Waals surface area contributed by atoms with Crippen molar-refractivity contribution in [1.82, 2.24) is 19.4 Å². The van der Waals surface area contributed by atoms with Gasteiger partial charge >= 0.3 is 0 Å². The van der Waals surface area contributed by atoms with Gasteiger partial charge in [0.2, 0.25) is 5.91 Å². The minimum atomic E-state index is -0.185. The van der Waals surface area contributed by atoms with Gasteiger partial charge in [0.05, 0.1) is 18.3 Å². The molecule has 4 rings (SSSR count). The number of hydrogen-bond acceptors (Lipinski definition) is 5. The third kappa shape index (κ3) is 3.69. The third-order valence-electron chi connectivity index (χ3n) is 5.45. The van der Waals surface area contributed by atoms with Gasteiger partial charge in [-0.05, 0) is 25.0 Å². The first-order chi connectivity index (χ1) is 13.6. The maximum Gasteiger partial charge on any atom is 0.253 e. The molecule has 8 heteroatoms. The lowest BCUT2D eigenvalue weighted by Crippen LogP contribution is -2.29. The van der Waals surface area contributed by atoms with Crippen LogP contribution in [0.15, 0.2) is 42.9 Å². The molecule has 144 valence electrons. The van der Waals surface area contributed by atoms with Gasteiger partial charge in [-0.25, -0.2) is 4.98 Å². The van der Waals surface area contributed by atoms with E-state index >= 15 is 0 Å². The highest BCUT2D eigenvalue weighted by Gasteiger charge is 2.30. The van der Waals surface area contributed by atoms with Crippen LogP contribution in [-0.4, -0.2) is 57.3 Å². The van der Waals surface area contributed by atoms with Crippen molar-refractivity contribution in [3.8, 4) is 6.19 Å². The molecule has 0 bridgehead atoms. The van der Waals surface area contributed by atoms with Crippen LogP contribution in [0, 0.1) is 17.4 Å². The van der Waals surface area contributed by atoms with Crippen LogP contribution in [0.5, 0.6) is 0 Å². The van der Waals surface area contributed by atoms with Gasteiger partial charge in [0.1, 0.15) is 0 Å². The summed E-state index contributed by atoms with van der Waals surface area (Å²) in [6.07, 6.45) is 7.13. The highest BCUT2D eigenvalue weighted by atomic mass is 16.2. The SMILES string of the molecule is N#CN1CC[C@H](C(=O)Nc2cn(C3CCN(C(=O)c4ccccc4)C3)cn2)C1. The highest BCUT2D eigenvalue weighted by molar-refractivity contribution is 5.94. The van der Waals surface area contributed by atoms with E-state index < -0.39 is 0 Å². The number of likely N-dealkylation sites (tertiary alicyclic amines) is 2. The average molecular weight is 378 g/mol. The number of aromatic nitrogens is 2. The number of benzene rings is 1. The number of nitriles is 1. The molecule has 2 aliphatic heterocycles. The first kappa shape index (κ1) is 18.0. The van der Waals surface area contributed by atoms with Crippen molar-refractivity contribution in [2.75, 3.05) is 31.5 Å². The minimum Gasteiger partial charge on any atom is -0.336 e. The summed E-state index contributed by atoms with van der Waals surface area (Å²) in [4.78, 5) is 32.7. The summed E-state index contributed by atoms with van der Waals surface area (Å²) < 4.78 is 1.96. The van der Waals surface area contributed by atoms with E-state index in [4.69, 9.17) is 5.26 Å². The highest BCUT2D eigenvalue weighted by Crippen LogP contribution is 2.24. The quantitative estimate of drug-likeness (QED) is 0.818. The van der Waals surface area contributed by atoms with Crippen molar-refractivity contribution in [3.05, 3.63) is 48.4 Å². The molecular weight excluding hydrogens is 356 g/mol. The molecule has 1 aromatic heterocycles. The third-order valence-corrected chi connectivity index (χ3v) is 5.45. The standard InChI is InChI=1S/C20H22N6O2/c21-13-24-8-6-16(10-24)19(27)23-18-12-26(14-22-18)17-7-9-25(11-17)20(28)15-4-2-1-3-5-15/h1-5,12,14,16-17H,6-11H2,(H,23,27)/t16-,17?/m0/s1. The number of nitrogens with one attached hydrogen (secondary N) is 1. The zero-order valence-corrected chi connectivity index (χ0v) is 15.5. The summed E-state index contributed by atoms with van der Waals surface area (Å²) in [5.74, 6) is 0.263. The van der Waals surface area contributed by atoms with E-state index in [9.17, 15) is 9.59 Å². The van der Waals surface area contributed by atoms with E-state index in [1.165, 1.54) is 0 Å². The van der Waals surface area contributed by atoms with E-state index in [1.54, 1.807) is 11.2 Å². The Kier molecular flexibility index (Phi) is 4.98. The van der Waals surface area contributed by atoms with Gasteiger partial charge < -0.3 is 19.7 Å². The van der Waals surface area contributed by atoms with Gasteiger partial charge in [-0.15, -0.1) is 0 Å². The van der Waals surface area contributed by atoms with Crippen LogP contribution in [-0.2, 0) is 4.79 Å². The number of amides is 2. The van der Waals surface area contributed by atoms with Crippen LogP contribution in [0.25, 0.3) is 0 Å². The monoisotopic (exact) mass is 378 g/mol. The fraction of sp³-hybridized carbons (Fsp3) is 0.400. The van der Waals surface area contributed by atoms with Crippen molar-refractivity contribution in [1.29, 1.82) is 5.26 Å². The zero-order valence-electron chi connectivity index (χ0n) is 15.5. The maximum absolute atomic E-state index is 12.6. The predicted octanol–water partition coefficient (Wildman–Crippen LogP) is 1.71.